The molecular weight excluding hydrogens is 339 g/mol. The lowest BCUT2D eigenvalue weighted by molar-refractivity contribution is -0.117. The van der Waals surface area contributed by atoms with Gasteiger partial charge in [-0.25, -0.2) is 0 Å². The highest BCUT2D eigenvalue weighted by Crippen LogP contribution is 2.36. The highest BCUT2D eigenvalue weighted by atomic mass is 16.7. The largest absolute Gasteiger partial charge is 0.494 e. The number of ketones is 1. The quantitative estimate of drug-likeness (QED) is 0.799. The van der Waals surface area contributed by atoms with Crippen molar-refractivity contribution >= 4 is 18.4 Å². The van der Waals surface area contributed by atoms with Crippen molar-refractivity contribution in [2.45, 2.75) is 58.3 Å². The number of hydrogen-bond donors (Lipinski definition) is 1. The molecule has 1 aliphatic rings. The Morgan fingerprint density at radius 3 is 1.67 bits per heavy atom. The van der Waals surface area contributed by atoms with Crippen LogP contribution in [0.4, 0.5) is 0 Å². The minimum absolute atomic E-state index is 0.0172. The summed E-state index contributed by atoms with van der Waals surface area (Å²) in [6.45, 7) is 8.16. The minimum Gasteiger partial charge on any atom is -0.399 e. The molecule has 0 radical (unpaired) electrons. The van der Waals surface area contributed by atoms with Crippen LogP contribution in [0, 0.1) is 0 Å². The lowest BCUT2D eigenvalue weighted by atomic mass is 9.78. The van der Waals surface area contributed by atoms with E-state index in [1.165, 1.54) is 0 Å². The SMILES string of the molecule is CC1(C)OB(c2ccc(CC(=O)Cc3ccc(CO)cc3)cc2)OC1(C)C. The first-order valence-electron chi connectivity index (χ1n) is 9.35. The van der Waals surface area contributed by atoms with E-state index in [0.29, 0.717) is 12.8 Å². The van der Waals surface area contributed by atoms with E-state index in [0.717, 1.165) is 22.2 Å². The summed E-state index contributed by atoms with van der Waals surface area (Å²) in [5, 5.41) is 9.08. The molecule has 2 aromatic carbocycles. The van der Waals surface area contributed by atoms with Crippen molar-refractivity contribution in [1.29, 1.82) is 0 Å². The molecule has 1 heterocycles. The third-order valence-corrected chi connectivity index (χ3v) is 5.51. The fourth-order valence-corrected chi connectivity index (χ4v) is 3.05. The predicted molar refractivity (Wildman–Crippen MR) is 107 cm³/mol. The maximum absolute atomic E-state index is 12.3. The minimum atomic E-state index is -0.384. The number of carbonyl (C=O) groups excluding carboxylic acids is 1. The Morgan fingerprint density at radius 1 is 0.815 bits per heavy atom. The van der Waals surface area contributed by atoms with Gasteiger partial charge in [-0.2, -0.15) is 0 Å². The molecule has 0 atom stereocenters. The van der Waals surface area contributed by atoms with Gasteiger partial charge in [-0.3, -0.25) is 4.79 Å². The number of aliphatic hydroxyl groups excluding tert-OH is 1. The van der Waals surface area contributed by atoms with Crippen molar-refractivity contribution in [1.82, 2.24) is 0 Å². The van der Waals surface area contributed by atoms with Gasteiger partial charge in [0.15, 0.2) is 0 Å². The fraction of sp³-hybridized carbons (Fsp3) is 0.409. The summed E-state index contributed by atoms with van der Waals surface area (Å²) in [6, 6.07) is 15.4. The molecule has 1 N–H and O–H groups in total. The van der Waals surface area contributed by atoms with Gasteiger partial charge in [0, 0.05) is 12.8 Å². The first-order chi connectivity index (χ1) is 12.7. The maximum Gasteiger partial charge on any atom is 0.494 e. The molecule has 0 saturated carbocycles. The molecule has 0 unspecified atom stereocenters. The van der Waals surface area contributed by atoms with Crippen LogP contribution in [0.3, 0.4) is 0 Å². The maximum atomic E-state index is 12.3. The number of hydrogen-bond acceptors (Lipinski definition) is 4. The summed E-state index contributed by atoms with van der Waals surface area (Å²) in [5.74, 6) is 0.162. The number of rotatable bonds is 6. The van der Waals surface area contributed by atoms with Crippen LogP contribution in [0.25, 0.3) is 0 Å². The number of benzene rings is 2. The molecule has 0 spiro atoms. The van der Waals surface area contributed by atoms with Crippen LogP contribution in [0.1, 0.15) is 44.4 Å². The average molecular weight is 366 g/mol. The molecule has 0 amide bonds. The van der Waals surface area contributed by atoms with Crippen molar-refractivity contribution in [2.75, 3.05) is 0 Å². The van der Waals surface area contributed by atoms with Crippen molar-refractivity contribution < 1.29 is 19.2 Å². The topological polar surface area (TPSA) is 55.8 Å². The molecule has 1 aliphatic heterocycles. The van der Waals surface area contributed by atoms with E-state index in [4.69, 9.17) is 14.4 Å². The number of aliphatic hydroxyl groups is 1. The third kappa shape index (κ3) is 4.49. The number of Topliss-reactive ketones (excluding diaryl/α,β-unsaturated/α-hetero) is 1. The smallest absolute Gasteiger partial charge is 0.399 e. The Balaban J connectivity index is 1.60. The van der Waals surface area contributed by atoms with Crippen molar-refractivity contribution in [3.05, 3.63) is 65.2 Å². The second kappa shape index (κ2) is 7.59. The summed E-state index contributed by atoms with van der Waals surface area (Å²) in [4.78, 5) is 12.3. The molecule has 142 valence electrons. The van der Waals surface area contributed by atoms with E-state index < -0.39 is 0 Å². The van der Waals surface area contributed by atoms with Crippen molar-refractivity contribution in [3.8, 4) is 0 Å². The highest BCUT2D eigenvalue weighted by Gasteiger charge is 2.51. The van der Waals surface area contributed by atoms with Gasteiger partial charge < -0.3 is 14.4 Å². The zero-order valence-corrected chi connectivity index (χ0v) is 16.5. The van der Waals surface area contributed by atoms with Crippen LogP contribution in [0.2, 0.25) is 0 Å². The summed E-state index contributed by atoms with van der Waals surface area (Å²) in [5.41, 5.74) is 3.03. The van der Waals surface area contributed by atoms with E-state index >= 15 is 0 Å². The molecule has 5 heteroatoms. The molecule has 3 rings (SSSR count). The second-order valence-electron chi connectivity index (χ2n) is 8.20. The lowest BCUT2D eigenvalue weighted by Crippen LogP contribution is -2.41. The van der Waals surface area contributed by atoms with Gasteiger partial charge in [0.25, 0.3) is 0 Å². The molecule has 2 aromatic rings. The van der Waals surface area contributed by atoms with E-state index in [1.807, 2.05) is 76.2 Å². The molecule has 4 nitrogen and oxygen atoms in total. The first-order valence-corrected chi connectivity index (χ1v) is 9.35. The van der Waals surface area contributed by atoms with Crippen LogP contribution >= 0.6 is 0 Å². The van der Waals surface area contributed by atoms with Crippen LogP contribution in [-0.2, 0) is 33.6 Å². The van der Waals surface area contributed by atoms with Gasteiger partial charge in [-0.15, -0.1) is 0 Å². The Morgan fingerprint density at radius 2 is 1.22 bits per heavy atom. The molecule has 1 fully saturated rings. The predicted octanol–water partition coefficient (Wildman–Crippen LogP) is 2.83. The Bertz CT molecular complexity index is 778. The summed E-state index contributed by atoms with van der Waals surface area (Å²) in [6.07, 6.45) is 0.788. The van der Waals surface area contributed by atoms with Gasteiger partial charge in [-0.1, -0.05) is 48.5 Å². The molecule has 1 saturated heterocycles. The zero-order valence-electron chi connectivity index (χ0n) is 16.5. The van der Waals surface area contributed by atoms with Gasteiger partial charge in [0.1, 0.15) is 5.78 Å². The van der Waals surface area contributed by atoms with Crippen LogP contribution in [0.15, 0.2) is 48.5 Å². The molecule has 0 bridgehead atoms. The van der Waals surface area contributed by atoms with E-state index in [1.54, 1.807) is 0 Å². The van der Waals surface area contributed by atoms with Gasteiger partial charge in [0.05, 0.1) is 17.8 Å². The average Bonchev–Trinajstić information content (AvgIpc) is 2.84. The Kier molecular flexibility index (Phi) is 5.56. The normalized spacial score (nSPS) is 17.9. The van der Waals surface area contributed by atoms with Crippen LogP contribution < -0.4 is 5.46 Å². The zero-order chi connectivity index (χ0) is 19.7. The molecule has 27 heavy (non-hydrogen) atoms. The standard InChI is InChI=1S/C22H27BO4/c1-21(2)22(3,4)27-23(26-21)19-11-9-17(10-12-19)14-20(25)13-16-5-7-18(15-24)8-6-16/h5-12,24H,13-15H2,1-4H3. The van der Waals surface area contributed by atoms with E-state index in [-0.39, 0.29) is 30.7 Å². The second-order valence-corrected chi connectivity index (χ2v) is 8.20. The van der Waals surface area contributed by atoms with Crippen molar-refractivity contribution in [3.63, 3.8) is 0 Å². The summed E-state index contributed by atoms with van der Waals surface area (Å²) < 4.78 is 12.1. The van der Waals surface area contributed by atoms with Crippen LogP contribution in [-0.4, -0.2) is 29.2 Å². The van der Waals surface area contributed by atoms with Gasteiger partial charge in [0.2, 0.25) is 0 Å². The van der Waals surface area contributed by atoms with Crippen molar-refractivity contribution in [2.24, 2.45) is 0 Å². The molecular formula is C22H27BO4. The van der Waals surface area contributed by atoms with Gasteiger partial charge in [-0.05, 0) is 49.8 Å². The van der Waals surface area contributed by atoms with E-state index in [2.05, 4.69) is 0 Å². The first kappa shape index (κ1) is 19.8. The highest BCUT2D eigenvalue weighted by molar-refractivity contribution is 6.62. The third-order valence-electron chi connectivity index (χ3n) is 5.51. The van der Waals surface area contributed by atoms with E-state index in [9.17, 15) is 4.79 Å². The lowest BCUT2D eigenvalue weighted by Gasteiger charge is -2.32. The summed E-state index contributed by atoms with van der Waals surface area (Å²) in [7, 11) is -0.384. The van der Waals surface area contributed by atoms with Crippen LogP contribution in [0.5, 0.6) is 0 Å². The molecule has 0 aliphatic carbocycles. The summed E-state index contributed by atoms with van der Waals surface area (Å²) >= 11 is 0. The monoisotopic (exact) mass is 366 g/mol. The number of carbonyl (C=O) groups is 1. The molecule has 0 aromatic heterocycles. The Labute approximate surface area is 161 Å². The Hall–Kier alpha value is -1.95. The van der Waals surface area contributed by atoms with Gasteiger partial charge >= 0.3 is 7.12 Å². The fourth-order valence-electron chi connectivity index (χ4n) is 3.05.